The topological polar surface area (TPSA) is 3.24 Å². The molecule has 1 saturated heterocycles. The summed E-state index contributed by atoms with van der Waals surface area (Å²) in [6, 6.07) is 15.4. The van der Waals surface area contributed by atoms with Gasteiger partial charge in [-0.25, -0.2) is 0 Å². The van der Waals surface area contributed by atoms with Crippen LogP contribution in [0.25, 0.3) is 6.08 Å². The van der Waals surface area contributed by atoms with Crippen LogP contribution in [0.15, 0.2) is 48.5 Å². The summed E-state index contributed by atoms with van der Waals surface area (Å²) >= 11 is 6.74. The van der Waals surface area contributed by atoms with E-state index in [2.05, 4.69) is 66.4 Å². The zero-order valence-corrected chi connectivity index (χ0v) is 15.9. The van der Waals surface area contributed by atoms with Crippen LogP contribution in [0.5, 0.6) is 0 Å². The van der Waals surface area contributed by atoms with E-state index < -0.39 is 0 Å². The highest BCUT2D eigenvalue weighted by Gasteiger charge is 2.46. The van der Waals surface area contributed by atoms with Gasteiger partial charge in [-0.2, -0.15) is 0 Å². The van der Waals surface area contributed by atoms with Crippen molar-refractivity contribution >= 4 is 17.7 Å². The number of allylic oxidation sites excluding steroid dienone is 1. The van der Waals surface area contributed by atoms with Crippen LogP contribution in [0.3, 0.4) is 0 Å². The maximum atomic E-state index is 6.74. The van der Waals surface area contributed by atoms with E-state index in [-0.39, 0.29) is 0 Å². The van der Waals surface area contributed by atoms with Gasteiger partial charge < -0.3 is 0 Å². The van der Waals surface area contributed by atoms with Gasteiger partial charge in [0.05, 0.1) is 5.02 Å². The number of halogens is 1. The molecule has 0 amide bonds. The van der Waals surface area contributed by atoms with Crippen molar-refractivity contribution in [2.24, 2.45) is 5.41 Å². The Labute approximate surface area is 156 Å². The van der Waals surface area contributed by atoms with Gasteiger partial charge in [-0.15, -0.1) is 0 Å². The third kappa shape index (κ3) is 3.05. The Kier molecular flexibility index (Phi) is 4.47. The molecule has 1 heterocycles. The van der Waals surface area contributed by atoms with Crippen molar-refractivity contribution in [3.63, 3.8) is 0 Å². The van der Waals surface area contributed by atoms with Gasteiger partial charge in [0.2, 0.25) is 0 Å². The van der Waals surface area contributed by atoms with Gasteiger partial charge >= 0.3 is 0 Å². The molecule has 2 aliphatic rings. The molecule has 2 aromatic rings. The number of benzene rings is 2. The number of hydrogen-bond acceptors (Lipinski definition) is 1. The van der Waals surface area contributed by atoms with E-state index in [4.69, 9.17) is 11.6 Å². The molecule has 0 unspecified atom stereocenters. The van der Waals surface area contributed by atoms with Crippen molar-refractivity contribution in [2.45, 2.75) is 39.2 Å². The molecule has 130 valence electrons. The second kappa shape index (κ2) is 6.63. The molecule has 2 atom stereocenters. The van der Waals surface area contributed by atoms with Crippen molar-refractivity contribution in [2.75, 3.05) is 13.1 Å². The lowest BCUT2D eigenvalue weighted by Gasteiger charge is -2.37. The smallest absolute Gasteiger partial charge is 0.0513 e. The quantitative estimate of drug-likeness (QED) is 0.662. The average Bonchev–Trinajstić information content (AvgIpc) is 2.94. The summed E-state index contributed by atoms with van der Waals surface area (Å²) in [5, 5.41) is 0.971. The van der Waals surface area contributed by atoms with Gasteiger partial charge in [-0.05, 0) is 47.4 Å². The molecule has 2 heteroatoms. The van der Waals surface area contributed by atoms with E-state index in [9.17, 15) is 0 Å². The largest absolute Gasteiger partial charge is 0.298 e. The second-order valence-electron chi connectivity index (χ2n) is 7.90. The Hall–Kier alpha value is -1.57. The lowest BCUT2D eigenvalue weighted by molar-refractivity contribution is 0.240. The standard InChI is InChI=1S/C23H26ClN/c1-3-7-18-10-11-19-20(22(18)24)12-13-23(2)16-25(15-21(19)23)14-17-8-5-4-6-9-17/h3-11,21H,12-16H2,1-2H3/t21-,23-/m0/s1. The summed E-state index contributed by atoms with van der Waals surface area (Å²) in [5.41, 5.74) is 5.81. The van der Waals surface area contributed by atoms with Gasteiger partial charge in [0, 0.05) is 25.6 Å². The molecule has 0 aromatic heterocycles. The molecule has 0 spiro atoms. The number of nitrogens with zero attached hydrogens (tertiary/aromatic N) is 1. The van der Waals surface area contributed by atoms with Crippen LogP contribution in [-0.2, 0) is 13.0 Å². The Morgan fingerprint density at radius 3 is 2.76 bits per heavy atom. The second-order valence-corrected chi connectivity index (χ2v) is 8.28. The maximum absolute atomic E-state index is 6.74. The molecular formula is C23H26ClN. The van der Waals surface area contributed by atoms with Crippen LogP contribution < -0.4 is 0 Å². The normalized spacial score (nSPS) is 26.0. The summed E-state index contributed by atoms with van der Waals surface area (Å²) in [6.45, 7) is 7.88. The number of hydrogen-bond donors (Lipinski definition) is 0. The predicted octanol–water partition coefficient (Wildman–Crippen LogP) is 5.93. The van der Waals surface area contributed by atoms with Crippen LogP contribution in [0.4, 0.5) is 0 Å². The van der Waals surface area contributed by atoms with Crippen LogP contribution in [0.2, 0.25) is 5.02 Å². The minimum atomic E-state index is 0.368. The SMILES string of the molecule is CC=Cc1ccc2c(c1Cl)CC[C@@]1(C)CN(Cc3ccccc3)C[C@@H]21. The molecule has 0 saturated carbocycles. The van der Waals surface area contributed by atoms with Gasteiger partial charge in [0.25, 0.3) is 0 Å². The summed E-state index contributed by atoms with van der Waals surface area (Å²) in [7, 11) is 0. The third-order valence-corrected chi connectivity index (χ3v) is 6.54. The lowest BCUT2D eigenvalue weighted by Crippen LogP contribution is -2.30. The summed E-state index contributed by atoms with van der Waals surface area (Å²) in [6.07, 6.45) is 6.52. The monoisotopic (exact) mass is 351 g/mol. The van der Waals surface area contributed by atoms with Gasteiger partial charge in [0.15, 0.2) is 0 Å². The zero-order valence-electron chi connectivity index (χ0n) is 15.1. The minimum absolute atomic E-state index is 0.368. The van der Waals surface area contributed by atoms with E-state index >= 15 is 0 Å². The Balaban J connectivity index is 1.63. The zero-order chi connectivity index (χ0) is 17.4. The summed E-state index contributed by atoms with van der Waals surface area (Å²) in [5.74, 6) is 0.595. The fraction of sp³-hybridized carbons (Fsp3) is 0.391. The summed E-state index contributed by atoms with van der Waals surface area (Å²) < 4.78 is 0. The maximum Gasteiger partial charge on any atom is 0.0513 e. The number of likely N-dealkylation sites (tertiary alicyclic amines) is 1. The van der Waals surface area contributed by atoms with E-state index in [1.807, 2.05) is 6.92 Å². The molecule has 1 aliphatic carbocycles. The van der Waals surface area contributed by atoms with E-state index in [1.54, 1.807) is 0 Å². The lowest BCUT2D eigenvalue weighted by atomic mass is 9.67. The predicted molar refractivity (Wildman–Crippen MR) is 107 cm³/mol. The highest BCUT2D eigenvalue weighted by atomic mass is 35.5. The van der Waals surface area contributed by atoms with Crippen LogP contribution in [0, 0.1) is 5.41 Å². The van der Waals surface area contributed by atoms with Gasteiger partial charge in [-0.3, -0.25) is 4.90 Å². The van der Waals surface area contributed by atoms with Crippen molar-refractivity contribution in [1.29, 1.82) is 0 Å². The highest BCUT2D eigenvalue weighted by Crippen LogP contribution is 2.52. The summed E-state index contributed by atoms with van der Waals surface area (Å²) in [4.78, 5) is 2.63. The molecule has 1 fully saturated rings. The first-order chi connectivity index (χ1) is 12.1. The molecule has 2 aromatic carbocycles. The van der Waals surface area contributed by atoms with E-state index in [0.29, 0.717) is 11.3 Å². The van der Waals surface area contributed by atoms with E-state index in [1.165, 1.54) is 29.7 Å². The van der Waals surface area contributed by atoms with Crippen molar-refractivity contribution < 1.29 is 0 Å². The van der Waals surface area contributed by atoms with Crippen LogP contribution >= 0.6 is 11.6 Å². The molecule has 0 N–H and O–H groups in total. The molecule has 4 rings (SSSR count). The third-order valence-electron chi connectivity index (χ3n) is 6.09. The Morgan fingerprint density at radius 2 is 2.00 bits per heavy atom. The van der Waals surface area contributed by atoms with Gasteiger partial charge in [0.1, 0.15) is 0 Å². The van der Waals surface area contributed by atoms with Crippen LogP contribution in [-0.4, -0.2) is 18.0 Å². The Morgan fingerprint density at radius 1 is 1.20 bits per heavy atom. The average molecular weight is 352 g/mol. The first kappa shape index (κ1) is 16.9. The molecule has 25 heavy (non-hydrogen) atoms. The first-order valence-corrected chi connectivity index (χ1v) is 9.69. The molecule has 1 nitrogen and oxygen atoms in total. The molecular weight excluding hydrogens is 326 g/mol. The molecule has 1 aliphatic heterocycles. The highest BCUT2D eigenvalue weighted by molar-refractivity contribution is 6.33. The fourth-order valence-corrected chi connectivity index (χ4v) is 5.14. The fourth-order valence-electron chi connectivity index (χ4n) is 4.81. The number of fused-ring (bicyclic) bond motifs is 3. The molecule has 0 radical (unpaired) electrons. The van der Waals surface area contributed by atoms with E-state index in [0.717, 1.165) is 30.1 Å². The Bertz CT molecular complexity index is 795. The first-order valence-electron chi connectivity index (χ1n) is 9.31. The van der Waals surface area contributed by atoms with Crippen molar-refractivity contribution in [3.05, 3.63) is 75.8 Å². The van der Waals surface area contributed by atoms with Crippen LogP contribution in [0.1, 0.15) is 48.4 Å². The minimum Gasteiger partial charge on any atom is -0.298 e. The number of rotatable bonds is 3. The van der Waals surface area contributed by atoms with Crippen molar-refractivity contribution in [3.8, 4) is 0 Å². The molecule has 0 bridgehead atoms. The van der Waals surface area contributed by atoms with Gasteiger partial charge in [-0.1, -0.05) is 73.1 Å². The van der Waals surface area contributed by atoms with Crippen molar-refractivity contribution in [1.82, 2.24) is 4.90 Å².